The van der Waals surface area contributed by atoms with Gasteiger partial charge >= 0.3 is 0 Å². The quantitative estimate of drug-likeness (QED) is 0.565. The molecule has 1 unspecified atom stereocenters. The normalized spacial score (nSPS) is 22.8. The van der Waals surface area contributed by atoms with Gasteiger partial charge in [-0.25, -0.2) is 13.1 Å². The zero-order chi connectivity index (χ0) is 12.7. The van der Waals surface area contributed by atoms with Crippen molar-refractivity contribution in [1.82, 2.24) is 9.62 Å². The van der Waals surface area contributed by atoms with Crippen molar-refractivity contribution in [3.05, 3.63) is 0 Å². The highest BCUT2D eigenvalue weighted by atomic mass is 35.5. The molecule has 1 saturated heterocycles. The monoisotopic (exact) mass is 282 g/mol. The Balaban J connectivity index is 2.23. The van der Waals surface area contributed by atoms with Crippen LogP contribution >= 0.6 is 11.6 Å². The Hall–Kier alpha value is 0.160. The van der Waals surface area contributed by atoms with E-state index in [2.05, 4.69) is 16.7 Å². The van der Waals surface area contributed by atoms with Crippen LogP contribution in [0.2, 0.25) is 0 Å². The van der Waals surface area contributed by atoms with E-state index in [0.717, 1.165) is 32.4 Å². The lowest BCUT2D eigenvalue weighted by Gasteiger charge is -2.29. The van der Waals surface area contributed by atoms with Crippen LogP contribution in [-0.2, 0) is 10.0 Å². The number of nitrogens with one attached hydrogen (secondary N) is 1. The second-order valence-corrected chi connectivity index (χ2v) is 7.14. The fraction of sp³-hybridized carbons (Fsp3) is 1.00. The summed E-state index contributed by atoms with van der Waals surface area (Å²) < 4.78 is 26.0. The zero-order valence-electron chi connectivity index (χ0n) is 10.5. The highest BCUT2D eigenvalue weighted by molar-refractivity contribution is 7.89. The Kier molecular flexibility index (Phi) is 6.77. The van der Waals surface area contributed by atoms with Gasteiger partial charge in [0.25, 0.3) is 0 Å². The molecule has 1 N–H and O–H groups in total. The Morgan fingerprint density at radius 3 is 2.82 bits per heavy atom. The van der Waals surface area contributed by atoms with Gasteiger partial charge < -0.3 is 4.90 Å². The molecule has 0 aromatic carbocycles. The van der Waals surface area contributed by atoms with E-state index in [1.807, 2.05) is 0 Å². The first-order valence-corrected chi connectivity index (χ1v) is 8.44. The van der Waals surface area contributed by atoms with Gasteiger partial charge in [-0.05, 0) is 45.2 Å². The number of unbranched alkanes of at least 4 members (excludes halogenated alkanes) is 1. The maximum atomic E-state index is 11.7. The molecule has 0 saturated carbocycles. The van der Waals surface area contributed by atoms with E-state index >= 15 is 0 Å². The van der Waals surface area contributed by atoms with E-state index in [1.165, 1.54) is 0 Å². The third kappa shape index (κ3) is 6.60. The lowest BCUT2D eigenvalue weighted by molar-refractivity contribution is 0.211. The van der Waals surface area contributed by atoms with Crippen LogP contribution in [-0.4, -0.2) is 51.6 Å². The van der Waals surface area contributed by atoms with E-state index in [4.69, 9.17) is 11.6 Å². The maximum Gasteiger partial charge on any atom is 0.211 e. The minimum Gasteiger partial charge on any atom is -0.306 e. The second-order valence-electron chi connectivity index (χ2n) is 4.83. The van der Waals surface area contributed by atoms with Crippen molar-refractivity contribution in [1.29, 1.82) is 0 Å². The molecule has 17 heavy (non-hydrogen) atoms. The molecule has 1 aliphatic rings. The summed E-state index contributed by atoms with van der Waals surface area (Å²) in [5.41, 5.74) is 0. The first-order valence-electron chi connectivity index (χ1n) is 6.25. The molecular formula is C11H23ClN2O2S. The van der Waals surface area contributed by atoms with Crippen LogP contribution in [0.1, 0.15) is 25.7 Å². The lowest BCUT2D eigenvalue weighted by atomic mass is 9.99. The lowest BCUT2D eigenvalue weighted by Crippen LogP contribution is -2.39. The molecule has 0 spiro atoms. The van der Waals surface area contributed by atoms with Crippen molar-refractivity contribution >= 4 is 21.6 Å². The van der Waals surface area contributed by atoms with Crippen LogP contribution in [0.5, 0.6) is 0 Å². The number of alkyl halides is 1. The summed E-state index contributed by atoms with van der Waals surface area (Å²) in [4.78, 5) is 2.26. The van der Waals surface area contributed by atoms with Crippen LogP contribution in [0.15, 0.2) is 0 Å². The SMILES string of the molecule is CN1CCCC(CNS(=O)(=O)CCCCCl)C1. The fourth-order valence-electron chi connectivity index (χ4n) is 2.14. The van der Waals surface area contributed by atoms with Crippen LogP contribution in [0.4, 0.5) is 0 Å². The average molecular weight is 283 g/mol. The number of nitrogens with zero attached hydrogens (tertiary/aromatic N) is 1. The molecule has 6 heteroatoms. The van der Waals surface area contributed by atoms with Crippen molar-refractivity contribution in [3.8, 4) is 0 Å². The number of hydrogen-bond acceptors (Lipinski definition) is 3. The molecule has 1 heterocycles. The van der Waals surface area contributed by atoms with Crippen LogP contribution in [0, 0.1) is 5.92 Å². The summed E-state index contributed by atoms with van der Waals surface area (Å²) in [6, 6.07) is 0. The number of rotatable bonds is 7. The highest BCUT2D eigenvalue weighted by Gasteiger charge is 2.19. The number of piperidine rings is 1. The predicted molar refractivity (Wildman–Crippen MR) is 72.0 cm³/mol. The summed E-state index contributed by atoms with van der Waals surface area (Å²) in [7, 11) is -1.01. The van der Waals surface area contributed by atoms with Crippen LogP contribution in [0.25, 0.3) is 0 Å². The number of halogens is 1. The molecule has 1 atom stereocenters. The smallest absolute Gasteiger partial charge is 0.211 e. The molecule has 102 valence electrons. The summed E-state index contributed by atoms with van der Waals surface area (Å²) in [6.07, 6.45) is 3.68. The maximum absolute atomic E-state index is 11.7. The molecular weight excluding hydrogens is 260 g/mol. The van der Waals surface area contributed by atoms with Crippen molar-refractivity contribution in [3.63, 3.8) is 0 Å². The number of hydrogen-bond donors (Lipinski definition) is 1. The zero-order valence-corrected chi connectivity index (χ0v) is 12.1. The number of sulfonamides is 1. The first-order chi connectivity index (χ1) is 8.03. The molecule has 1 aliphatic heterocycles. The van der Waals surface area contributed by atoms with Crippen molar-refractivity contribution in [2.45, 2.75) is 25.7 Å². The Morgan fingerprint density at radius 1 is 1.41 bits per heavy atom. The van der Waals surface area contributed by atoms with Gasteiger partial charge in [-0.1, -0.05) is 0 Å². The van der Waals surface area contributed by atoms with E-state index in [1.54, 1.807) is 0 Å². The van der Waals surface area contributed by atoms with E-state index in [-0.39, 0.29) is 5.75 Å². The van der Waals surface area contributed by atoms with Gasteiger partial charge in [-0.2, -0.15) is 0 Å². The van der Waals surface area contributed by atoms with Crippen molar-refractivity contribution in [2.75, 3.05) is 38.3 Å². The second kappa shape index (κ2) is 7.56. The molecule has 0 aromatic rings. The number of likely N-dealkylation sites (tertiary alicyclic amines) is 1. The topological polar surface area (TPSA) is 49.4 Å². The molecule has 0 bridgehead atoms. The summed E-state index contributed by atoms with van der Waals surface area (Å²) in [5, 5.41) is 0. The first kappa shape index (κ1) is 15.2. The highest BCUT2D eigenvalue weighted by Crippen LogP contribution is 2.14. The largest absolute Gasteiger partial charge is 0.306 e. The minimum atomic E-state index is -3.10. The van der Waals surface area contributed by atoms with Crippen molar-refractivity contribution < 1.29 is 8.42 Å². The Morgan fingerprint density at radius 2 is 2.18 bits per heavy atom. The van der Waals surface area contributed by atoms with Gasteiger partial charge in [0.05, 0.1) is 5.75 Å². The Labute approximate surface area is 110 Å². The van der Waals surface area contributed by atoms with Gasteiger partial charge in [0, 0.05) is 19.0 Å². The van der Waals surface area contributed by atoms with E-state index < -0.39 is 10.0 Å². The third-order valence-corrected chi connectivity index (χ3v) is 4.81. The Bertz CT molecular complexity index is 309. The van der Waals surface area contributed by atoms with Crippen molar-refractivity contribution in [2.24, 2.45) is 5.92 Å². The molecule has 0 aromatic heterocycles. The molecule has 0 aliphatic carbocycles. The predicted octanol–water partition coefficient (Wildman–Crippen LogP) is 1.27. The van der Waals surface area contributed by atoms with Gasteiger partial charge in [-0.15, -0.1) is 11.6 Å². The molecule has 4 nitrogen and oxygen atoms in total. The van der Waals surface area contributed by atoms with Gasteiger partial charge in [0.1, 0.15) is 0 Å². The molecule has 1 fully saturated rings. The van der Waals surface area contributed by atoms with E-state index in [0.29, 0.717) is 24.8 Å². The molecule has 0 radical (unpaired) electrons. The molecule has 0 amide bonds. The standard InChI is InChI=1S/C11H23ClN2O2S/c1-14-7-4-5-11(10-14)9-13-17(15,16)8-3-2-6-12/h11,13H,2-10H2,1H3. The van der Waals surface area contributed by atoms with Gasteiger partial charge in [-0.3, -0.25) is 0 Å². The summed E-state index contributed by atoms with van der Waals surface area (Å²) in [6.45, 7) is 2.69. The van der Waals surface area contributed by atoms with E-state index in [9.17, 15) is 8.42 Å². The fourth-order valence-corrected chi connectivity index (χ4v) is 3.55. The van der Waals surface area contributed by atoms with Crippen LogP contribution in [0.3, 0.4) is 0 Å². The summed E-state index contributed by atoms with van der Waals surface area (Å²) in [5.74, 6) is 1.18. The third-order valence-electron chi connectivity index (χ3n) is 3.11. The van der Waals surface area contributed by atoms with Gasteiger partial charge in [0.15, 0.2) is 0 Å². The van der Waals surface area contributed by atoms with Crippen LogP contribution < -0.4 is 4.72 Å². The average Bonchev–Trinajstić information content (AvgIpc) is 2.27. The molecule has 1 rings (SSSR count). The summed E-state index contributed by atoms with van der Waals surface area (Å²) >= 11 is 5.52. The minimum absolute atomic E-state index is 0.197. The van der Waals surface area contributed by atoms with Gasteiger partial charge in [0.2, 0.25) is 10.0 Å².